The van der Waals surface area contributed by atoms with Gasteiger partial charge in [-0.1, -0.05) is 30.3 Å². The van der Waals surface area contributed by atoms with Crippen LogP contribution in [0.5, 0.6) is 0 Å². The Morgan fingerprint density at radius 1 is 1.22 bits per heavy atom. The van der Waals surface area contributed by atoms with E-state index in [2.05, 4.69) is 9.69 Å². The topological polar surface area (TPSA) is 141 Å². The van der Waals surface area contributed by atoms with Gasteiger partial charge in [0, 0.05) is 18.8 Å². The highest BCUT2D eigenvalue weighted by Gasteiger charge is 2.37. The number of nitrogen functional groups attached to an aromatic ring is 1. The van der Waals surface area contributed by atoms with Crippen molar-refractivity contribution in [3.05, 3.63) is 76.0 Å². The number of aromatic nitrogens is 1. The summed E-state index contributed by atoms with van der Waals surface area (Å²) in [6.07, 6.45) is 1.60. The van der Waals surface area contributed by atoms with Crippen LogP contribution in [-0.2, 0) is 9.53 Å². The number of nitrogens with one attached hydrogen (secondary N) is 1. The summed E-state index contributed by atoms with van der Waals surface area (Å²) in [6, 6.07) is 11.2. The van der Waals surface area contributed by atoms with Crippen LogP contribution in [0.15, 0.2) is 48.5 Å². The maximum absolute atomic E-state index is 14.0. The van der Waals surface area contributed by atoms with Crippen LogP contribution in [0.25, 0.3) is 0 Å². The molecule has 0 unspecified atom stereocenters. The van der Waals surface area contributed by atoms with Gasteiger partial charge in [-0.2, -0.15) is 4.37 Å². The molecule has 188 valence electrons. The highest BCUT2D eigenvalue weighted by Crippen LogP contribution is 2.34. The monoisotopic (exact) mass is 511 g/mol. The van der Waals surface area contributed by atoms with E-state index < -0.39 is 29.6 Å². The van der Waals surface area contributed by atoms with Crippen molar-refractivity contribution in [1.82, 2.24) is 9.69 Å². The van der Waals surface area contributed by atoms with Crippen LogP contribution < -0.4 is 21.7 Å². The summed E-state index contributed by atoms with van der Waals surface area (Å²) in [5.41, 5.74) is 12.6. The summed E-state index contributed by atoms with van der Waals surface area (Å²) >= 11 is 0.723. The normalized spacial score (nSPS) is 15.9. The Labute approximate surface area is 211 Å². The number of aryl methyl sites for hydroxylation is 1. The molecule has 0 aliphatic carbocycles. The first-order valence-electron chi connectivity index (χ1n) is 11.4. The van der Waals surface area contributed by atoms with E-state index in [1.54, 1.807) is 31.2 Å². The van der Waals surface area contributed by atoms with Crippen LogP contribution in [0.2, 0.25) is 0 Å². The van der Waals surface area contributed by atoms with Crippen molar-refractivity contribution >= 4 is 40.6 Å². The molecule has 36 heavy (non-hydrogen) atoms. The molecule has 4 rings (SSSR count). The van der Waals surface area contributed by atoms with Gasteiger partial charge < -0.3 is 21.5 Å². The van der Waals surface area contributed by atoms with Gasteiger partial charge in [-0.15, -0.1) is 0 Å². The van der Waals surface area contributed by atoms with E-state index in [0.29, 0.717) is 23.4 Å². The number of halogens is 1. The third-order valence-electron chi connectivity index (χ3n) is 5.97. The zero-order valence-electron chi connectivity index (χ0n) is 19.6. The number of carbonyl (C=O) groups is 3. The average molecular weight is 512 g/mol. The Bertz CT molecular complexity index is 1270. The highest BCUT2D eigenvalue weighted by molar-refractivity contribution is 7.09. The van der Waals surface area contributed by atoms with Crippen molar-refractivity contribution in [3.63, 3.8) is 0 Å². The Morgan fingerprint density at radius 2 is 1.94 bits per heavy atom. The summed E-state index contributed by atoms with van der Waals surface area (Å²) in [4.78, 5) is 40.6. The van der Waals surface area contributed by atoms with Gasteiger partial charge in [0.15, 0.2) is 5.69 Å². The second kappa shape index (κ2) is 10.8. The molecule has 0 bridgehead atoms. The van der Waals surface area contributed by atoms with Crippen LogP contribution in [0.4, 0.5) is 15.8 Å². The van der Waals surface area contributed by atoms with Crippen LogP contribution >= 0.6 is 11.5 Å². The number of para-hydroxylation sites is 1. The molecule has 0 radical (unpaired) electrons. The molecule has 5 N–H and O–H groups in total. The number of rotatable bonds is 8. The number of benzene rings is 2. The average Bonchev–Trinajstić information content (AvgIpc) is 3.52. The fourth-order valence-corrected chi connectivity index (χ4v) is 4.86. The Kier molecular flexibility index (Phi) is 7.61. The standard InChI is InChI=1S/C25H26FN5O4S/c1-14-5-2-3-7-18(14)31(25(34)22-19(27)20(23(28)32)30-36-22)21(15-8-10-16(26)11-9-15)24(33)29-13-17-6-4-12-35-17/h2-3,5,7-11,17,21H,4,6,12-13,27H2,1H3,(H2,28,32)(H,29,33)/t17-,21-/m0/s1. The van der Waals surface area contributed by atoms with Crippen LogP contribution in [0, 0.1) is 12.7 Å². The van der Waals surface area contributed by atoms with Crippen LogP contribution in [-0.4, -0.2) is 41.4 Å². The first kappa shape index (κ1) is 25.3. The molecule has 1 aliphatic rings. The molecule has 0 spiro atoms. The zero-order chi connectivity index (χ0) is 25.8. The second-order valence-corrected chi connectivity index (χ2v) is 9.21. The fraction of sp³-hybridized carbons (Fsp3) is 0.280. The minimum Gasteiger partial charge on any atom is -0.395 e. The molecular weight excluding hydrogens is 485 g/mol. The molecule has 9 nitrogen and oxygen atoms in total. The number of hydrogen-bond acceptors (Lipinski definition) is 7. The lowest BCUT2D eigenvalue weighted by atomic mass is 10.0. The number of nitrogens with zero attached hydrogens (tertiary/aromatic N) is 2. The van der Waals surface area contributed by atoms with E-state index in [4.69, 9.17) is 16.2 Å². The summed E-state index contributed by atoms with van der Waals surface area (Å²) in [5.74, 6) is -2.47. The second-order valence-electron chi connectivity index (χ2n) is 8.43. The molecule has 2 heterocycles. The van der Waals surface area contributed by atoms with E-state index in [0.717, 1.165) is 24.4 Å². The van der Waals surface area contributed by atoms with Crippen molar-refractivity contribution in [2.24, 2.45) is 5.73 Å². The SMILES string of the molecule is Cc1ccccc1N(C(=O)c1snc(C(N)=O)c1N)[C@H](C(=O)NC[C@@H]1CCCO1)c1ccc(F)cc1. The summed E-state index contributed by atoms with van der Waals surface area (Å²) < 4.78 is 23.3. The van der Waals surface area contributed by atoms with E-state index >= 15 is 0 Å². The first-order chi connectivity index (χ1) is 17.3. The molecule has 2 atom stereocenters. The molecule has 1 fully saturated rings. The lowest BCUT2D eigenvalue weighted by molar-refractivity contribution is -0.123. The Balaban J connectivity index is 1.82. The van der Waals surface area contributed by atoms with Gasteiger partial charge in [0.25, 0.3) is 11.8 Å². The largest absolute Gasteiger partial charge is 0.395 e. The van der Waals surface area contributed by atoms with Gasteiger partial charge in [0.05, 0.1) is 11.8 Å². The van der Waals surface area contributed by atoms with Gasteiger partial charge in [0.2, 0.25) is 5.91 Å². The highest BCUT2D eigenvalue weighted by atomic mass is 32.1. The number of nitrogens with two attached hydrogens (primary N) is 2. The minimum atomic E-state index is -1.18. The molecule has 3 aromatic rings. The number of primary amides is 1. The third-order valence-corrected chi connectivity index (χ3v) is 6.82. The number of amides is 3. The fourth-order valence-electron chi connectivity index (χ4n) is 4.12. The zero-order valence-corrected chi connectivity index (χ0v) is 20.4. The lowest BCUT2D eigenvalue weighted by Crippen LogP contribution is -2.46. The molecular formula is C25H26FN5O4S. The summed E-state index contributed by atoms with van der Waals surface area (Å²) in [6.45, 7) is 2.69. The van der Waals surface area contributed by atoms with Gasteiger partial charge >= 0.3 is 0 Å². The first-order valence-corrected chi connectivity index (χ1v) is 12.1. The number of carbonyl (C=O) groups excluding carboxylic acids is 3. The molecule has 1 aliphatic heterocycles. The maximum Gasteiger partial charge on any atom is 0.273 e. The van der Waals surface area contributed by atoms with Crippen molar-refractivity contribution < 1.29 is 23.5 Å². The Morgan fingerprint density at radius 3 is 2.56 bits per heavy atom. The van der Waals surface area contributed by atoms with E-state index in [9.17, 15) is 18.8 Å². The third kappa shape index (κ3) is 5.21. The maximum atomic E-state index is 14.0. The predicted octanol–water partition coefficient (Wildman–Crippen LogP) is 2.96. The number of anilines is 2. The summed E-state index contributed by atoms with van der Waals surface area (Å²) in [7, 11) is 0. The van der Waals surface area contributed by atoms with Crippen LogP contribution in [0.1, 0.15) is 50.2 Å². The summed E-state index contributed by atoms with van der Waals surface area (Å²) in [5, 5.41) is 2.88. The molecule has 1 saturated heterocycles. The Hall–Kier alpha value is -3.83. The molecule has 0 saturated carbocycles. The molecule has 3 amide bonds. The lowest BCUT2D eigenvalue weighted by Gasteiger charge is -2.32. The van der Waals surface area contributed by atoms with E-state index in [1.165, 1.54) is 29.2 Å². The van der Waals surface area contributed by atoms with Gasteiger partial charge in [0.1, 0.15) is 16.7 Å². The smallest absolute Gasteiger partial charge is 0.273 e. The quantitative estimate of drug-likeness (QED) is 0.425. The van der Waals surface area contributed by atoms with E-state index in [1.807, 2.05) is 0 Å². The van der Waals surface area contributed by atoms with Crippen molar-refractivity contribution in [1.29, 1.82) is 0 Å². The van der Waals surface area contributed by atoms with Crippen molar-refractivity contribution in [2.45, 2.75) is 31.9 Å². The van der Waals surface area contributed by atoms with Gasteiger partial charge in [-0.25, -0.2) is 4.39 Å². The van der Waals surface area contributed by atoms with Crippen molar-refractivity contribution in [2.75, 3.05) is 23.8 Å². The predicted molar refractivity (Wildman–Crippen MR) is 134 cm³/mol. The number of ether oxygens (including phenoxy) is 1. The molecule has 11 heteroatoms. The minimum absolute atomic E-state index is 0.0360. The van der Waals surface area contributed by atoms with Gasteiger partial charge in [-0.3, -0.25) is 19.3 Å². The number of hydrogen-bond donors (Lipinski definition) is 3. The van der Waals surface area contributed by atoms with Crippen molar-refractivity contribution in [3.8, 4) is 0 Å². The van der Waals surface area contributed by atoms with Crippen LogP contribution in [0.3, 0.4) is 0 Å². The molecule has 1 aromatic heterocycles. The molecule has 2 aromatic carbocycles. The van der Waals surface area contributed by atoms with E-state index in [-0.39, 0.29) is 28.9 Å². The van der Waals surface area contributed by atoms with Gasteiger partial charge in [-0.05, 0) is 60.6 Å².